The molecule has 3 nitrogen and oxygen atoms in total. The molecule has 0 spiro atoms. The summed E-state index contributed by atoms with van der Waals surface area (Å²) in [4.78, 5) is 2.63. The Labute approximate surface area is 93.4 Å². The number of rotatable bonds is 4. The maximum atomic E-state index is 6.04. The zero-order chi connectivity index (χ0) is 10.9. The van der Waals surface area contributed by atoms with Crippen LogP contribution in [0.5, 0.6) is 0 Å². The second-order valence-electron chi connectivity index (χ2n) is 5.26. The van der Waals surface area contributed by atoms with E-state index in [-0.39, 0.29) is 5.54 Å². The van der Waals surface area contributed by atoms with Crippen LogP contribution < -0.4 is 11.1 Å². The lowest BCUT2D eigenvalue weighted by Gasteiger charge is -2.37. The van der Waals surface area contributed by atoms with Crippen molar-refractivity contribution in [1.29, 1.82) is 0 Å². The van der Waals surface area contributed by atoms with Gasteiger partial charge in [-0.2, -0.15) is 0 Å². The van der Waals surface area contributed by atoms with E-state index in [2.05, 4.69) is 24.1 Å². The molecule has 0 radical (unpaired) electrons. The number of fused-ring (bicyclic) bond motifs is 1. The molecule has 15 heavy (non-hydrogen) atoms. The molecular weight excluding hydrogens is 186 g/mol. The average molecular weight is 211 g/mol. The zero-order valence-corrected chi connectivity index (χ0v) is 10.1. The van der Waals surface area contributed by atoms with Crippen LogP contribution in [0.1, 0.15) is 39.5 Å². The van der Waals surface area contributed by atoms with Crippen LogP contribution in [0.15, 0.2) is 0 Å². The molecule has 0 saturated carbocycles. The van der Waals surface area contributed by atoms with Crippen LogP contribution in [-0.2, 0) is 0 Å². The third kappa shape index (κ3) is 1.93. The lowest BCUT2D eigenvalue weighted by atomic mass is 9.87. The Hall–Kier alpha value is -0.120. The molecule has 2 aliphatic heterocycles. The largest absolute Gasteiger partial charge is 0.329 e. The van der Waals surface area contributed by atoms with Crippen molar-refractivity contribution in [3.63, 3.8) is 0 Å². The number of hydrogen-bond acceptors (Lipinski definition) is 3. The van der Waals surface area contributed by atoms with Gasteiger partial charge in [0.05, 0.1) is 0 Å². The van der Waals surface area contributed by atoms with Crippen LogP contribution >= 0.6 is 0 Å². The predicted molar refractivity (Wildman–Crippen MR) is 63.9 cm³/mol. The second-order valence-corrected chi connectivity index (χ2v) is 5.26. The topological polar surface area (TPSA) is 41.3 Å². The molecule has 3 heteroatoms. The van der Waals surface area contributed by atoms with E-state index in [0.717, 1.165) is 6.54 Å². The van der Waals surface area contributed by atoms with Gasteiger partial charge in [0, 0.05) is 30.7 Å². The van der Waals surface area contributed by atoms with Crippen LogP contribution in [0.2, 0.25) is 0 Å². The SMILES string of the molecule is CCC(C)NC1(CN)CCN2CCCC21. The zero-order valence-electron chi connectivity index (χ0n) is 10.1. The van der Waals surface area contributed by atoms with Crippen LogP contribution in [0.25, 0.3) is 0 Å². The molecule has 0 amide bonds. The molecule has 0 aromatic heterocycles. The summed E-state index contributed by atoms with van der Waals surface area (Å²) in [6.07, 6.45) is 5.11. The van der Waals surface area contributed by atoms with Crippen molar-refractivity contribution in [2.45, 2.75) is 57.2 Å². The molecule has 0 aromatic rings. The van der Waals surface area contributed by atoms with E-state index in [1.807, 2.05) is 0 Å². The number of nitrogens with two attached hydrogens (primary N) is 1. The third-order valence-corrected chi connectivity index (χ3v) is 4.36. The molecule has 2 heterocycles. The molecule has 2 aliphatic rings. The first kappa shape index (κ1) is 11.4. The summed E-state index contributed by atoms with van der Waals surface area (Å²) in [6.45, 7) is 7.83. The Morgan fingerprint density at radius 1 is 1.53 bits per heavy atom. The Balaban J connectivity index is 2.07. The molecule has 2 rings (SSSR count). The standard InChI is InChI=1S/C12H25N3/c1-3-10(2)14-12(9-13)6-8-15-7-4-5-11(12)15/h10-11,14H,3-9,13H2,1-2H3. The maximum absolute atomic E-state index is 6.04. The molecule has 2 fully saturated rings. The van der Waals surface area contributed by atoms with Gasteiger partial charge < -0.3 is 11.1 Å². The van der Waals surface area contributed by atoms with E-state index in [9.17, 15) is 0 Å². The van der Waals surface area contributed by atoms with Crippen molar-refractivity contribution >= 4 is 0 Å². The number of nitrogens with zero attached hydrogens (tertiary/aromatic N) is 1. The Bertz CT molecular complexity index is 219. The summed E-state index contributed by atoms with van der Waals surface area (Å²) < 4.78 is 0. The van der Waals surface area contributed by atoms with Gasteiger partial charge in [-0.05, 0) is 39.2 Å². The van der Waals surface area contributed by atoms with Crippen molar-refractivity contribution in [1.82, 2.24) is 10.2 Å². The molecule has 3 unspecified atom stereocenters. The lowest BCUT2D eigenvalue weighted by Crippen LogP contribution is -2.60. The third-order valence-electron chi connectivity index (χ3n) is 4.36. The van der Waals surface area contributed by atoms with Crippen molar-refractivity contribution in [2.24, 2.45) is 5.73 Å². The van der Waals surface area contributed by atoms with E-state index >= 15 is 0 Å². The van der Waals surface area contributed by atoms with Gasteiger partial charge in [0.2, 0.25) is 0 Å². The summed E-state index contributed by atoms with van der Waals surface area (Å²) in [5.41, 5.74) is 6.25. The molecule has 3 atom stereocenters. The van der Waals surface area contributed by atoms with Crippen LogP contribution in [0.4, 0.5) is 0 Å². The van der Waals surface area contributed by atoms with Crippen LogP contribution in [0.3, 0.4) is 0 Å². The van der Waals surface area contributed by atoms with Crippen molar-refractivity contribution < 1.29 is 0 Å². The minimum absolute atomic E-state index is 0.214. The highest BCUT2D eigenvalue weighted by molar-refractivity contribution is 5.09. The van der Waals surface area contributed by atoms with E-state index in [0.29, 0.717) is 12.1 Å². The lowest BCUT2D eigenvalue weighted by molar-refractivity contribution is 0.212. The summed E-state index contributed by atoms with van der Waals surface area (Å²) in [5.74, 6) is 0. The summed E-state index contributed by atoms with van der Waals surface area (Å²) in [5, 5.41) is 3.80. The van der Waals surface area contributed by atoms with Gasteiger partial charge in [0.1, 0.15) is 0 Å². The number of hydrogen-bond donors (Lipinski definition) is 2. The first-order valence-corrected chi connectivity index (χ1v) is 6.43. The van der Waals surface area contributed by atoms with Crippen molar-refractivity contribution in [2.75, 3.05) is 19.6 Å². The maximum Gasteiger partial charge on any atom is 0.0475 e. The van der Waals surface area contributed by atoms with Crippen LogP contribution in [-0.4, -0.2) is 42.2 Å². The Kier molecular flexibility index (Phi) is 3.33. The molecule has 0 bridgehead atoms. The molecule has 2 saturated heterocycles. The van der Waals surface area contributed by atoms with Gasteiger partial charge in [-0.15, -0.1) is 0 Å². The molecular formula is C12H25N3. The minimum Gasteiger partial charge on any atom is -0.329 e. The summed E-state index contributed by atoms with van der Waals surface area (Å²) >= 11 is 0. The van der Waals surface area contributed by atoms with E-state index in [1.165, 1.54) is 38.8 Å². The highest BCUT2D eigenvalue weighted by Gasteiger charge is 2.48. The van der Waals surface area contributed by atoms with Crippen molar-refractivity contribution in [3.05, 3.63) is 0 Å². The quantitative estimate of drug-likeness (QED) is 0.727. The first-order valence-electron chi connectivity index (χ1n) is 6.43. The van der Waals surface area contributed by atoms with Gasteiger partial charge in [-0.3, -0.25) is 4.90 Å². The fourth-order valence-corrected chi connectivity index (χ4v) is 3.29. The average Bonchev–Trinajstić information content (AvgIpc) is 2.82. The number of nitrogens with one attached hydrogen (secondary N) is 1. The second kappa shape index (κ2) is 4.40. The normalized spacial score (nSPS) is 38.2. The van der Waals surface area contributed by atoms with Gasteiger partial charge in [-0.25, -0.2) is 0 Å². The predicted octanol–water partition coefficient (Wildman–Crippen LogP) is 0.940. The van der Waals surface area contributed by atoms with E-state index in [1.54, 1.807) is 0 Å². The van der Waals surface area contributed by atoms with Crippen molar-refractivity contribution in [3.8, 4) is 0 Å². The van der Waals surface area contributed by atoms with Gasteiger partial charge in [0.25, 0.3) is 0 Å². The first-order chi connectivity index (χ1) is 7.22. The van der Waals surface area contributed by atoms with Gasteiger partial charge >= 0.3 is 0 Å². The van der Waals surface area contributed by atoms with Gasteiger partial charge in [-0.1, -0.05) is 6.92 Å². The summed E-state index contributed by atoms with van der Waals surface area (Å²) in [7, 11) is 0. The van der Waals surface area contributed by atoms with E-state index < -0.39 is 0 Å². The molecule has 88 valence electrons. The Morgan fingerprint density at radius 2 is 2.33 bits per heavy atom. The molecule has 0 aromatic carbocycles. The fourth-order valence-electron chi connectivity index (χ4n) is 3.29. The fraction of sp³-hybridized carbons (Fsp3) is 1.00. The molecule has 0 aliphatic carbocycles. The smallest absolute Gasteiger partial charge is 0.0475 e. The highest BCUT2D eigenvalue weighted by Crippen LogP contribution is 2.35. The summed E-state index contributed by atoms with van der Waals surface area (Å²) in [6, 6.07) is 1.30. The monoisotopic (exact) mass is 211 g/mol. The van der Waals surface area contributed by atoms with Gasteiger partial charge in [0.15, 0.2) is 0 Å². The van der Waals surface area contributed by atoms with E-state index in [4.69, 9.17) is 5.73 Å². The Morgan fingerprint density at radius 3 is 3.00 bits per heavy atom. The molecule has 3 N–H and O–H groups in total. The van der Waals surface area contributed by atoms with Crippen LogP contribution in [0, 0.1) is 0 Å². The highest BCUT2D eigenvalue weighted by atomic mass is 15.3. The minimum atomic E-state index is 0.214.